The fraction of sp³-hybridized carbons (Fsp3) is 0.333. The van der Waals surface area contributed by atoms with Gasteiger partial charge in [-0.3, -0.25) is 0 Å². The van der Waals surface area contributed by atoms with E-state index in [1.54, 1.807) is 0 Å². The molecular formula is C18H21N. The summed E-state index contributed by atoms with van der Waals surface area (Å²) in [5.74, 6) is 0. The summed E-state index contributed by atoms with van der Waals surface area (Å²) in [6.45, 7) is 2.22. The molecule has 1 N–H and O–H groups in total. The van der Waals surface area contributed by atoms with Gasteiger partial charge in [-0.2, -0.15) is 0 Å². The average Bonchev–Trinajstić information content (AvgIpc) is 2.48. The molecule has 0 spiro atoms. The lowest BCUT2D eigenvalue weighted by molar-refractivity contribution is 0.600. The Morgan fingerprint density at radius 1 is 1.05 bits per heavy atom. The topological polar surface area (TPSA) is 12.0 Å². The maximum atomic E-state index is 3.76. The van der Waals surface area contributed by atoms with Crippen LogP contribution in [0.25, 0.3) is 0 Å². The molecule has 0 aliphatic heterocycles. The van der Waals surface area contributed by atoms with Gasteiger partial charge in [0.1, 0.15) is 0 Å². The molecule has 98 valence electrons. The van der Waals surface area contributed by atoms with Crippen LogP contribution in [-0.4, -0.2) is 0 Å². The standard InChI is InChI=1S/C18H21N/c1-2-14-8-4-6-12-17(14)19-18-13-7-10-15-9-3-5-11-16(15)18/h3-6,8-9,11-12,18-19H,2,7,10,13H2,1H3. The van der Waals surface area contributed by atoms with Crippen LogP contribution in [0.2, 0.25) is 0 Å². The quantitative estimate of drug-likeness (QED) is 0.831. The zero-order chi connectivity index (χ0) is 13.1. The van der Waals surface area contributed by atoms with Crippen LogP contribution < -0.4 is 5.32 Å². The Balaban J connectivity index is 1.88. The summed E-state index contributed by atoms with van der Waals surface area (Å²) < 4.78 is 0. The summed E-state index contributed by atoms with van der Waals surface area (Å²) in [6, 6.07) is 18.0. The van der Waals surface area contributed by atoms with Crippen molar-refractivity contribution < 1.29 is 0 Å². The third-order valence-corrected chi connectivity index (χ3v) is 4.10. The number of nitrogens with one attached hydrogen (secondary N) is 1. The predicted octanol–water partition coefficient (Wildman–Crippen LogP) is 4.74. The second-order valence-corrected chi connectivity index (χ2v) is 5.30. The van der Waals surface area contributed by atoms with Gasteiger partial charge in [-0.25, -0.2) is 0 Å². The molecule has 2 aromatic rings. The largest absolute Gasteiger partial charge is 0.378 e. The molecule has 0 bridgehead atoms. The molecule has 3 rings (SSSR count). The van der Waals surface area contributed by atoms with Crippen LogP contribution in [0.4, 0.5) is 5.69 Å². The van der Waals surface area contributed by atoms with E-state index in [9.17, 15) is 0 Å². The van der Waals surface area contributed by atoms with Crippen LogP contribution in [0.3, 0.4) is 0 Å². The van der Waals surface area contributed by atoms with E-state index in [2.05, 4.69) is 60.8 Å². The Kier molecular flexibility index (Phi) is 3.54. The van der Waals surface area contributed by atoms with Gasteiger partial charge in [0.05, 0.1) is 6.04 Å². The number of rotatable bonds is 3. The molecule has 1 heteroatoms. The zero-order valence-electron chi connectivity index (χ0n) is 11.5. The number of hydrogen-bond acceptors (Lipinski definition) is 1. The first kappa shape index (κ1) is 12.3. The highest BCUT2D eigenvalue weighted by atomic mass is 14.9. The SMILES string of the molecule is CCc1ccccc1NC1CCCc2ccccc21. The van der Waals surface area contributed by atoms with Gasteiger partial charge in [0.2, 0.25) is 0 Å². The number of aryl methyl sites for hydroxylation is 2. The van der Waals surface area contributed by atoms with E-state index in [1.807, 2.05) is 0 Å². The van der Waals surface area contributed by atoms with E-state index < -0.39 is 0 Å². The first-order chi connectivity index (χ1) is 9.38. The molecule has 0 amide bonds. The number of anilines is 1. The average molecular weight is 251 g/mol. The van der Waals surface area contributed by atoms with E-state index in [0.29, 0.717) is 6.04 Å². The van der Waals surface area contributed by atoms with E-state index in [4.69, 9.17) is 0 Å². The summed E-state index contributed by atoms with van der Waals surface area (Å²) in [4.78, 5) is 0. The molecule has 1 nitrogen and oxygen atoms in total. The van der Waals surface area contributed by atoms with Crippen LogP contribution in [0.15, 0.2) is 48.5 Å². The van der Waals surface area contributed by atoms with Crippen molar-refractivity contribution in [2.75, 3.05) is 5.32 Å². The highest BCUT2D eigenvalue weighted by molar-refractivity contribution is 5.53. The molecule has 1 atom stereocenters. The van der Waals surface area contributed by atoms with Gasteiger partial charge in [0.15, 0.2) is 0 Å². The molecule has 1 unspecified atom stereocenters. The molecule has 0 saturated heterocycles. The van der Waals surface area contributed by atoms with Crippen molar-refractivity contribution in [3.63, 3.8) is 0 Å². The molecule has 2 aromatic carbocycles. The highest BCUT2D eigenvalue weighted by Gasteiger charge is 2.19. The Labute approximate surface area is 115 Å². The van der Waals surface area contributed by atoms with Crippen molar-refractivity contribution in [1.82, 2.24) is 0 Å². The molecular weight excluding hydrogens is 230 g/mol. The minimum Gasteiger partial charge on any atom is -0.378 e. The van der Waals surface area contributed by atoms with Crippen LogP contribution in [0.1, 0.15) is 42.5 Å². The number of fused-ring (bicyclic) bond motifs is 1. The third kappa shape index (κ3) is 2.51. The van der Waals surface area contributed by atoms with Crippen molar-refractivity contribution in [2.24, 2.45) is 0 Å². The van der Waals surface area contributed by atoms with E-state index in [1.165, 1.54) is 41.6 Å². The minimum absolute atomic E-state index is 0.470. The number of hydrogen-bond donors (Lipinski definition) is 1. The number of para-hydroxylation sites is 1. The van der Waals surface area contributed by atoms with Crippen LogP contribution in [0.5, 0.6) is 0 Å². The molecule has 0 radical (unpaired) electrons. The molecule has 0 saturated carbocycles. The predicted molar refractivity (Wildman–Crippen MR) is 81.6 cm³/mol. The lowest BCUT2D eigenvalue weighted by atomic mass is 9.87. The van der Waals surface area contributed by atoms with Gasteiger partial charge >= 0.3 is 0 Å². The van der Waals surface area contributed by atoms with Crippen molar-refractivity contribution >= 4 is 5.69 Å². The van der Waals surface area contributed by atoms with Crippen molar-refractivity contribution in [2.45, 2.75) is 38.6 Å². The summed E-state index contributed by atoms with van der Waals surface area (Å²) >= 11 is 0. The Morgan fingerprint density at radius 3 is 2.74 bits per heavy atom. The summed E-state index contributed by atoms with van der Waals surface area (Å²) in [5.41, 5.74) is 5.71. The van der Waals surface area contributed by atoms with Crippen LogP contribution in [-0.2, 0) is 12.8 Å². The van der Waals surface area contributed by atoms with Gasteiger partial charge < -0.3 is 5.32 Å². The molecule has 1 aliphatic rings. The second-order valence-electron chi connectivity index (χ2n) is 5.30. The first-order valence-corrected chi connectivity index (χ1v) is 7.30. The summed E-state index contributed by atoms with van der Waals surface area (Å²) in [6.07, 6.45) is 4.82. The molecule has 0 fully saturated rings. The molecule has 0 aromatic heterocycles. The van der Waals surface area contributed by atoms with E-state index >= 15 is 0 Å². The Bertz CT molecular complexity index is 559. The van der Waals surface area contributed by atoms with Gasteiger partial charge in [0, 0.05) is 5.69 Å². The molecule has 1 aliphatic carbocycles. The van der Waals surface area contributed by atoms with Crippen LogP contribution in [0, 0.1) is 0 Å². The monoisotopic (exact) mass is 251 g/mol. The van der Waals surface area contributed by atoms with E-state index in [-0.39, 0.29) is 0 Å². The van der Waals surface area contributed by atoms with Gasteiger partial charge in [-0.1, -0.05) is 49.4 Å². The maximum absolute atomic E-state index is 3.76. The van der Waals surface area contributed by atoms with E-state index in [0.717, 1.165) is 6.42 Å². The summed E-state index contributed by atoms with van der Waals surface area (Å²) in [5, 5.41) is 3.76. The fourth-order valence-electron chi connectivity index (χ4n) is 3.06. The van der Waals surface area contributed by atoms with Gasteiger partial charge in [-0.15, -0.1) is 0 Å². The maximum Gasteiger partial charge on any atom is 0.0516 e. The smallest absolute Gasteiger partial charge is 0.0516 e. The van der Waals surface area contributed by atoms with Crippen molar-refractivity contribution in [3.05, 3.63) is 65.2 Å². The second kappa shape index (κ2) is 5.48. The molecule has 19 heavy (non-hydrogen) atoms. The van der Waals surface area contributed by atoms with Crippen LogP contribution >= 0.6 is 0 Å². The number of benzene rings is 2. The van der Waals surface area contributed by atoms with Gasteiger partial charge in [0.25, 0.3) is 0 Å². The first-order valence-electron chi connectivity index (χ1n) is 7.30. The van der Waals surface area contributed by atoms with Gasteiger partial charge in [-0.05, 0) is 48.4 Å². The summed E-state index contributed by atoms with van der Waals surface area (Å²) in [7, 11) is 0. The molecule has 0 heterocycles. The lowest BCUT2D eigenvalue weighted by Gasteiger charge is -2.28. The fourth-order valence-corrected chi connectivity index (χ4v) is 3.06. The van der Waals surface area contributed by atoms with Crippen molar-refractivity contribution in [3.8, 4) is 0 Å². The normalized spacial score (nSPS) is 17.8. The lowest BCUT2D eigenvalue weighted by Crippen LogP contribution is -2.17. The zero-order valence-corrected chi connectivity index (χ0v) is 11.5. The Morgan fingerprint density at radius 2 is 1.84 bits per heavy atom. The third-order valence-electron chi connectivity index (χ3n) is 4.10. The highest BCUT2D eigenvalue weighted by Crippen LogP contribution is 2.33. The Hall–Kier alpha value is -1.76. The minimum atomic E-state index is 0.470. The van der Waals surface area contributed by atoms with Crippen molar-refractivity contribution in [1.29, 1.82) is 0 Å².